The molecule has 2 aliphatic rings. The van der Waals surface area contributed by atoms with Gasteiger partial charge in [-0.15, -0.1) is 0 Å². The second kappa shape index (κ2) is 8.08. The lowest BCUT2D eigenvalue weighted by atomic mass is 9.69. The van der Waals surface area contributed by atoms with Crippen LogP contribution in [0.3, 0.4) is 0 Å². The number of rotatable bonds is 3. The molecule has 1 saturated heterocycles. The maximum absolute atomic E-state index is 13.3. The second-order valence-corrected chi connectivity index (χ2v) is 10.6. The molecule has 7 nitrogen and oxygen atoms in total. The van der Waals surface area contributed by atoms with E-state index in [1.165, 1.54) is 14.2 Å². The van der Waals surface area contributed by atoms with Gasteiger partial charge >= 0.3 is 0 Å². The molecule has 4 rings (SSSR count). The maximum atomic E-state index is 13.3. The molecule has 0 unspecified atom stereocenters. The van der Waals surface area contributed by atoms with E-state index in [1.54, 1.807) is 38.4 Å². The highest BCUT2D eigenvalue weighted by Gasteiger charge is 2.45. The number of fused-ring (bicyclic) bond motifs is 2. The number of hydrogen-bond donors (Lipinski definition) is 0. The monoisotopic (exact) mass is 438 g/mol. The van der Waals surface area contributed by atoms with Crippen molar-refractivity contribution in [1.29, 1.82) is 5.26 Å². The molecule has 2 aromatic rings. The van der Waals surface area contributed by atoms with Crippen LogP contribution in [0.5, 0.6) is 0 Å². The number of benzene rings is 2. The van der Waals surface area contributed by atoms with E-state index in [0.29, 0.717) is 50.1 Å². The normalized spacial score (nSPS) is 18.6. The van der Waals surface area contributed by atoms with Crippen molar-refractivity contribution < 1.29 is 13.2 Å². The van der Waals surface area contributed by atoms with E-state index in [9.17, 15) is 18.5 Å². The molecular formula is C23H26N4O3S. The van der Waals surface area contributed by atoms with Gasteiger partial charge in [0, 0.05) is 51.3 Å². The Morgan fingerprint density at radius 3 is 2.48 bits per heavy atom. The summed E-state index contributed by atoms with van der Waals surface area (Å²) in [7, 11) is -0.364. The van der Waals surface area contributed by atoms with Crippen LogP contribution in [-0.4, -0.2) is 61.6 Å². The molecule has 8 heteroatoms. The van der Waals surface area contributed by atoms with Crippen molar-refractivity contribution in [2.75, 3.05) is 33.7 Å². The van der Waals surface area contributed by atoms with Crippen LogP contribution in [0.25, 0.3) is 0 Å². The Balaban J connectivity index is 1.64. The minimum absolute atomic E-state index is 0.102. The molecule has 0 aromatic heterocycles. The maximum Gasteiger partial charge on any atom is 0.281 e. The topological polar surface area (TPSA) is 84.7 Å². The largest absolute Gasteiger partial charge is 0.333 e. The summed E-state index contributed by atoms with van der Waals surface area (Å²) in [5.41, 5.74) is 2.99. The third-order valence-corrected chi connectivity index (χ3v) is 8.38. The van der Waals surface area contributed by atoms with Crippen molar-refractivity contribution in [2.45, 2.75) is 24.8 Å². The van der Waals surface area contributed by atoms with Crippen molar-refractivity contribution in [2.24, 2.45) is 0 Å². The molecule has 2 aliphatic heterocycles. The number of nitriles is 1. The molecule has 0 N–H and O–H groups in total. The molecule has 0 aliphatic carbocycles. The van der Waals surface area contributed by atoms with Gasteiger partial charge in [-0.2, -0.15) is 22.3 Å². The van der Waals surface area contributed by atoms with E-state index in [1.807, 2.05) is 23.1 Å². The molecule has 0 bridgehead atoms. The Morgan fingerprint density at radius 2 is 1.81 bits per heavy atom. The zero-order valence-electron chi connectivity index (χ0n) is 17.8. The molecule has 2 heterocycles. The SMILES string of the molecule is CN(C)S(=O)(=O)N1CCC2(CC1)CN(C(=O)c1cccc(C#N)c1)Cc1ccccc12. The fourth-order valence-electron chi connectivity index (χ4n) is 4.74. The Morgan fingerprint density at radius 1 is 1.10 bits per heavy atom. The fraction of sp³-hybridized carbons (Fsp3) is 0.391. The molecule has 31 heavy (non-hydrogen) atoms. The Kier molecular flexibility index (Phi) is 5.60. The van der Waals surface area contributed by atoms with E-state index in [-0.39, 0.29) is 11.3 Å². The molecular weight excluding hydrogens is 412 g/mol. The van der Waals surface area contributed by atoms with Crippen molar-refractivity contribution in [3.05, 3.63) is 70.8 Å². The van der Waals surface area contributed by atoms with Gasteiger partial charge in [0.1, 0.15) is 0 Å². The number of piperidine rings is 1. The highest BCUT2D eigenvalue weighted by atomic mass is 32.2. The standard InChI is InChI=1S/C23H26N4O3S/c1-25(2)31(29,30)27-12-10-23(11-13-27)17-26(16-20-7-3-4-9-21(20)23)22(28)19-8-5-6-18(14-19)15-24/h3-9,14H,10-13,16-17H2,1-2H3. The van der Waals surface area contributed by atoms with Crippen molar-refractivity contribution in [1.82, 2.24) is 13.5 Å². The fourth-order valence-corrected chi connectivity index (χ4v) is 5.84. The van der Waals surface area contributed by atoms with Crippen LogP contribution >= 0.6 is 0 Å². The summed E-state index contributed by atoms with van der Waals surface area (Å²) in [6.07, 6.45) is 1.30. The van der Waals surface area contributed by atoms with Gasteiger partial charge in [-0.3, -0.25) is 4.79 Å². The quantitative estimate of drug-likeness (QED) is 0.736. The molecule has 0 atom stereocenters. The lowest BCUT2D eigenvalue weighted by molar-refractivity contribution is 0.0618. The molecule has 1 spiro atoms. The second-order valence-electron chi connectivity index (χ2n) is 8.48. The van der Waals surface area contributed by atoms with Crippen LogP contribution in [-0.2, 0) is 22.2 Å². The van der Waals surface area contributed by atoms with Crippen molar-refractivity contribution >= 4 is 16.1 Å². The van der Waals surface area contributed by atoms with E-state index in [2.05, 4.69) is 12.1 Å². The van der Waals surface area contributed by atoms with Crippen molar-refractivity contribution in [3.63, 3.8) is 0 Å². The number of hydrogen-bond acceptors (Lipinski definition) is 4. The van der Waals surface area contributed by atoms with Gasteiger partial charge in [0.05, 0.1) is 11.6 Å². The Hall–Kier alpha value is -2.73. The third kappa shape index (κ3) is 3.85. The number of carbonyl (C=O) groups excluding carboxylic acids is 1. The summed E-state index contributed by atoms with van der Waals surface area (Å²) in [5.74, 6) is -0.102. The lowest BCUT2D eigenvalue weighted by Gasteiger charge is -2.48. The van der Waals surface area contributed by atoms with Gasteiger partial charge in [0.2, 0.25) is 0 Å². The van der Waals surface area contributed by atoms with E-state index >= 15 is 0 Å². The summed E-state index contributed by atoms with van der Waals surface area (Å²) in [5, 5.41) is 9.18. The number of amides is 1. The van der Waals surface area contributed by atoms with Gasteiger partial charge in [-0.25, -0.2) is 0 Å². The Bertz CT molecular complexity index is 1150. The first-order chi connectivity index (χ1) is 14.8. The molecule has 162 valence electrons. The van der Waals surface area contributed by atoms with Crippen LogP contribution in [0.2, 0.25) is 0 Å². The first-order valence-corrected chi connectivity index (χ1v) is 11.7. The molecule has 1 amide bonds. The third-order valence-electron chi connectivity index (χ3n) is 6.44. The smallest absolute Gasteiger partial charge is 0.281 e. The first kappa shape index (κ1) is 21.5. The highest BCUT2D eigenvalue weighted by Crippen LogP contribution is 2.42. The summed E-state index contributed by atoms with van der Waals surface area (Å²) < 4.78 is 27.9. The zero-order valence-corrected chi connectivity index (χ0v) is 18.6. The van der Waals surface area contributed by atoms with Crippen molar-refractivity contribution in [3.8, 4) is 6.07 Å². The first-order valence-electron chi connectivity index (χ1n) is 10.3. The van der Waals surface area contributed by atoms with Crippen LogP contribution in [0.15, 0.2) is 48.5 Å². The van der Waals surface area contributed by atoms with Gasteiger partial charge in [-0.05, 0) is 42.2 Å². The summed E-state index contributed by atoms with van der Waals surface area (Å²) in [4.78, 5) is 15.2. The van der Waals surface area contributed by atoms with Gasteiger partial charge in [0.25, 0.3) is 16.1 Å². The molecule has 0 radical (unpaired) electrons. The van der Waals surface area contributed by atoms with Crippen LogP contribution in [0.4, 0.5) is 0 Å². The average molecular weight is 439 g/mol. The minimum atomic E-state index is -3.46. The van der Waals surface area contributed by atoms with Crippen LogP contribution in [0.1, 0.15) is 39.9 Å². The summed E-state index contributed by atoms with van der Waals surface area (Å²) in [6.45, 7) is 1.88. The van der Waals surface area contributed by atoms with E-state index in [0.717, 1.165) is 5.56 Å². The predicted octanol–water partition coefficient (Wildman–Crippen LogP) is 2.35. The van der Waals surface area contributed by atoms with Crippen LogP contribution < -0.4 is 0 Å². The number of nitrogens with zero attached hydrogens (tertiary/aromatic N) is 4. The van der Waals surface area contributed by atoms with Gasteiger partial charge < -0.3 is 4.90 Å². The molecule has 0 saturated carbocycles. The van der Waals surface area contributed by atoms with E-state index in [4.69, 9.17) is 0 Å². The predicted molar refractivity (Wildman–Crippen MR) is 117 cm³/mol. The van der Waals surface area contributed by atoms with E-state index < -0.39 is 10.2 Å². The highest BCUT2D eigenvalue weighted by molar-refractivity contribution is 7.86. The average Bonchev–Trinajstić information content (AvgIpc) is 2.79. The lowest BCUT2D eigenvalue weighted by Crippen LogP contribution is -2.55. The molecule has 2 aromatic carbocycles. The summed E-state index contributed by atoms with van der Waals surface area (Å²) >= 11 is 0. The zero-order chi connectivity index (χ0) is 22.2. The van der Waals surface area contributed by atoms with Gasteiger partial charge in [0.15, 0.2) is 0 Å². The number of carbonyl (C=O) groups is 1. The minimum Gasteiger partial charge on any atom is -0.333 e. The summed E-state index contributed by atoms with van der Waals surface area (Å²) in [6, 6.07) is 17.0. The molecule has 1 fully saturated rings. The Labute approximate surface area is 183 Å². The van der Waals surface area contributed by atoms with Crippen LogP contribution in [0, 0.1) is 11.3 Å². The van der Waals surface area contributed by atoms with Gasteiger partial charge in [-0.1, -0.05) is 30.3 Å².